The van der Waals surface area contributed by atoms with Crippen LogP contribution in [0.15, 0.2) is 57.1 Å². The van der Waals surface area contributed by atoms with E-state index in [0.29, 0.717) is 10.9 Å². The summed E-state index contributed by atoms with van der Waals surface area (Å²) in [5.41, 5.74) is 3.05. The summed E-state index contributed by atoms with van der Waals surface area (Å²) in [5, 5.41) is 7.11. The Balaban J connectivity index is 1.76. The van der Waals surface area contributed by atoms with Crippen molar-refractivity contribution >= 4 is 35.5 Å². The smallest absolute Gasteiger partial charge is 0.266 e. The highest BCUT2D eigenvalue weighted by molar-refractivity contribution is 7.99. The molecule has 2 amide bonds. The number of furan rings is 1. The van der Waals surface area contributed by atoms with E-state index < -0.39 is 0 Å². The molecule has 126 valence electrons. The molecule has 0 aliphatic rings. The number of amides is 2. The molecule has 0 spiro atoms. The maximum atomic E-state index is 11.8. The number of hydrazone groups is 1. The first-order valence-electron chi connectivity index (χ1n) is 7.06. The summed E-state index contributed by atoms with van der Waals surface area (Å²) in [6.45, 7) is -0.0624. The Morgan fingerprint density at radius 1 is 1.21 bits per heavy atom. The Morgan fingerprint density at radius 2 is 2.00 bits per heavy atom. The standard InChI is InChI=1S/C16H17N3O4S/c1-22-10-14(20)19-17-9-13-7-8-16(23-13)24-11-15(21)18-12-5-3-2-4-6-12/h2-9H,10-11H2,1H3,(H,18,21)(H,19,20). The van der Waals surface area contributed by atoms with Crippen LogP contribution < -0.4 is 10.7 Å². The van der Waals surface area contributed by atoms with Gasteiger partial charge < -0.3 is 14.5 Å². The van der Waals surface area contributed by atoms with Crippen molar-refractivity contribution in [1.29, 1.82) is 0 Å². The summed E-state index contributed by atoms with van der Waals surface area (Å²) in [6.07, 6.45) is 1.38. The second-order valence-electron chi connectivity index (χ2n) is 4.59. The molecule has 0 aliphatic heterocycles. The Kier molecular flexibility index (Phi) is 7.06. The van der Waals surface area contributed by atoms with Gasteiger partial charge in [0.1, 0.15) is 12.4 Å². The van der Waals surface area contributed by atoms with Gasteiger partial charge in [0.2, 0.25) is 5.91 Å². The molecule has 0 fully saturated rings. The lowest BCUT2D eigenvalue weighted by atomic mass is 10.3. The zero-order valence-electron chi connectivity index (χ0n) is 13.0. The largest absolute Gasteiger partial charge is 0.449 e. The minimum absolute atomic E-state index is 0.0624. The Labute approximate surface area is 143 Å². The normalized spacial score (nSPS) is 10.7. The van der Waals surface area contributed by atoms with Gasteiger partial charge in [-0.1, -0.05) is 30.0 Å². The number of methoxy groups -OCH3 is 1. The Hall–Kier alpha value is -2.58. The fourth-order valence-corrected chi connectivity index (χ4v) is 2.33. The molecule has 8 heteroatoms. The van der Waals surface area contributed by atoms with E-state index in [4.69, 9.17) is 4.42 Å². The van der Waals surface area contributed by atoms with Gasteiger partial charge in [-0.15, -0.1) is 0 Å². The van der Waals surface area contributed by atoms with Crippen molar-refractivity contribution in [2.45, 2.75) is 5.09 Å². The molecular formula is C16H17N3O4S. The highest BCUT2D eigenvalue weighted by atomic mass is 32.2. The van der Waals surface area contributed by atoms with E-state index in [9.17, 15) is 9.59 Å². The average Bonchev–Trinajstić information content (AvgIpc) is 3.02. The van der Waals surface area contributed by atoms with Crippen molar-refractivity contribution in [1.82, 2.24) is 5.43 Å². The number of ether oxygens (including phenoxy) is 1. The number of rotatable bonds is 8. The first kappa shape index (κ1) is 17.8. The average molecular weight is 347 g/mol. The van der Waals surface area contributed by atoms with Gasteiger partial charge in [-0.05, 0) is 24.3 Å². The second kappa shape index (κ2) is 9.53. The van der Waals surface area contributed by atoms with Crippen LogP contribution in [-0.4, -0.2) is 37.5 Å². The van der Waals surface area contributed by atoms with Crippen molar-refractivity contribution in [3.63, 3.8) is 0 Å². The molecule has 24 heavy (non-hydrogen) atoms. The van der Waals surface area contributed by atoms with Crippen molar-refractivity contribution in [3.05, 3.63) is 48.2 Å². The third-order valence-electron chi connectivity index (χ3n) is 2.66. The summed E-state index contributed by atoms with van der Waals surface area (Å²) in [6, 6.07) is 12.7. The van der Waals surface area contributed by atoms with Crippen LogP contribution in [0, 0.1) is 0 Å². The molecule has 0 aliphatic carbocycles. The molecule has 2 N–H and O–H groups in total. The number of hydrogen-bond donors (Lipinski definition) is 2. The third-order valence-corrected chi connectivity index (χ3v) is 3.57. The van der Waals surface area contributed by atoms with Crippen LogP contribution in [0.5, 0.6) is 0 Å². The molecule has 1 aromatic heterocycles. The maximum Gasteiger partial charge on any atom is 0.266 e. The first-order valence-corrected chi connectivity index (χ1v) is 8.04. The molecular weight excluding hydrogens is 330 g/mol. The first-order chi connectivity index (χ1) is 11.7. The summed E-state index contributed by atoms with van der Waals surface area (Å²) >= 11 is 1.27. The van der Waals surface area contributed by atoms with Gasteiger partial charge in [-0.2, -0.15) is 5.10 Å². The zero-order valence-corrected chi connectivity index (χ0v) is 13.8. The molecule has 0 unspecified atom stereocenters. The van der Waals surface area contributed by atoms with E-state index >= 15 is 0 Å². The van der Waals surface area contributed by atoms with Crippen molar-refractivity contribution in [3.8, 4) is 0 Å². The molecule has 0 saturated carbocycles. The number of nitrogens with zero attached hydrogens (tertiary/aromatic N) is 1. The lowest BCUT2D eigenvalue weighted by Gasteiger charge is -2.03. The van der Waals surface area contributed by atoms with Crippen molar-refractivity contribution in [2.24, 2.45) is 5.10 Å². The van der Waals surface area contributed by atoms with Gasteiger partial charge in [0.25, 0.3) is 5.91 Å². The highest BCUT2D eigenvalue weighted by Crippen LogP contribution is 2.20. The quantitative estimate of drug-likeness (QED) is 0.433. The number of benzene rings is 1. The van der Waals surface area contributed by atoms with E-state index in [2.05, 4.69) is 20.6 Å². The fourth-order valence-electron chi connectivity index (χ4n) is 1.67. The van der Waals surface area contributed by atoms with Crippen LogP contribution in [-0.2, 0) is 14.3 Å². The number of hydrogen-bond acceptors (Lipinski definition) is 6. The van der Waals surface area contributed by atoms with Crippen molar-refractivity contribution < 1.29 is 18.7 Å². The summed E-state index contributed by atoms with van der Waals surface area (Å²) in [5.74, 6) is 0.222. The Bertz CT molecular complexity index is 700. The van der Waals surface area contributed by atoms with Gasteiger partial charge in [0.05, 0.1) is 12.0 Å². The number of thioether (sulfide) groups is 1. The van der Waals surface area contributed by atoms with E-state index in [1.807, 2.05) is 30.3 Å². The van der Waals surface area contributed by atoms with E-state index in [1.165, 1.54) is 25.1 Å². The number of carbonyl (C=O) groups excluding carboxylic acids is 2. The molecule has 2 rings (SSSR count). The molecule has 0 atom stereocenters. The topological polar surface area (TPSA) is 92.9 Å². The summed E-state index contributed by atoms with van der Waals surface area (Å²) in [4.78, 5) is 23.0. The summed E-state index contributed by atoms with van der Waals surface area (Å²) in [7, 11) is 1.42. The fraction of sp³-hybridized carbons (Fsp3) is 0.188. The number of carbonyl (C=O) groups is 2. The van der Waals surface area contributed by atoms with E-state index in [0.717, 1.165) is 5.69 Å². The monoisotopic (exact) mass is 347 g/mol. The summed E-state index contributed by atoms with van der Waals surface area (Å²) < 4.78 is 10.1. The van der Waals surface area contributed by atoms with Gasteiger partial charge in [-0.25, -0.2) is 5.43 Å². The van der Waals surface area contributed by atoms with Crippen LogP contribution >= 0.6 is 11.8 Å². The second-order valence-corrected chi connectivity index (χ2v) is 5.57. The minimum atomic E-state index is -0.354. The molecule has 2 aromatic rings. The van der Waals surface area contributed by atoms with Crippen LogP contribution in [0.2, 0.25) is 0 Å². The molecule has 0 bridgehead atoms. The van der Waals surface area contributed by atoms with E-state index in [1.54, 1.807) is 12.1 Å². The minimum Gasteiger partial charge on any atom is -0.449 e. The van der Waals surface area contributed by atoms with Crippen molar-refractivity contribution in [2.75, 3.05) is 24.8 Å². The van der Waals surface area contributed by atoms with Crippen LogP contribution in [0.25, 0.3) is 0 Å². The molecule has 7 nitrogen and oxygen atoms in total. The molecule has 1 aromatic carbocycles. The number of nitrogens with one attached hydrogen (secondary N) is 2. The van der Waals surface area contributed by atoms with Crippen LogP contribution in [0.1, 0.15) is 5.76 Å². The van der Waals surface area contributed by atoms with Gasteiger partial charge >= 0.3 is 0 Å². The molecule has 1 heterocycles. The molecule has 0 saturated heterocycles. The van der Waals surface area contributed by atoms with Gasteiger partial charge in [0, 0.05) is 12.8 Å². The van der Waals surface area contributed by atoms with Gasteiger partial charge in [-0.3, -0.25) is 9.59 Å². The SMILES string of the molecule is COCC(=O)NN=Cc1ccc(SCC(=O)Nc2ccccc2)o1. The predicted molar refractivity (Wildman–Crippen MR) is 92.1 cm³/mol. The zero-order chi connectivity index (χ0) is 17.2. The van der Waals surface area contributed by atoms with Crippen LogP contribution in [0.3, 0.4) is 0 Å². The Morgan fingerprint density at radius 3 is 2.75 bits per heavy atom. The molecule has 0 radical (unpaired) electrons. The van der Waals surface area contributed by atoms with Gasteiger partial charge in [0.15, 0.2) is 5.09 Å². The third kappa shape index (κ3) is 6.27. The highest BCUT2D eigenvalue weighted by Gasteiger charge is 2.06. The maximum absolute atomic E-state index is 11.8. The van der Waals surface area contributed by atoms with Crippen LogP contribution in [0.4, 0.5) is 5.69 Å². The number of para-hydroxylation sites is 1. The van der Waals surface area contributed by atoms with E-state index in [-0.39, 0.29) is 24.2 Å². The number of anilines is 1. The lowest BCUT2D eigenvalue weighted by Crippen LogP contribution is -2.22. The predicted octanol–water partition coefficient (Wildman–Crippen LogP) is 2.11. The lowest BCUT2D eigenvalue weighted by molar-refractivity contribution is -0.124.